The average molecular weight is 246 g/mol. The van der Waals surface area contributed by atoms with Crippen molar-refractivity contribution < 1.29 is 9.32 Å². The van der Waals surface area contributed by atoms with Gasteiger partial charge in [0, 0.05) is 18.8 Å². The van der Waals surface area contributed by atoms with E-state index in [1.54, 1.807) is 24.5 Å². The van der Waals surface area contributed by atoms with Gasteiger partial charge in [-0.15, -0.1) is 0 Å². The first-order chi connectivity index (χ1) is 8.81. The number of aromatic nitrogens is 2. The minimum Gasteiger partial charge on any atom is -0.383 e. The lowest BCUT2D eigenvalue weighted by molar-refractivity contribution is 0.0951. The Hall–Kier alpha value is -2.37. The third-order valence-electron chi connectivity index (χ3n) is 2.35. The molecule has 2 aromatic rings. The Kier molecular flexibility index (Phi) is 3.90. The third kappa shape index (κ3) is 2.85. The maximum absolute atomic E-state index is 12.0. The maximum atomic E-state index is 12.0. The molecule has 0 spiro atoms. The highest BCUT2D eigenvalue weighted by Crippen LogP contribution is 2.12. The van der Waals surface area contributed by atoms with Crippen LogP contribution in [0.25, 0.3) is 0 Å². The summed E-state index contributed by atoms with van der Waals surface area (Å²) in [7, 11) is 0. The molecule has 0 bridgehead atoms. The standard InChI is InChI=1S/C12H14N4O2/c1-2-14-11-8-13-5-3-10(11)12(17)15-7-9-4-6-18-16-9/h3-6,8,14H,2,7H2,1H3,(H,15,17). The molecule has 0 radical (unpaired) electrons. The number of nitrogens with one attached hydrogen (secondary N) is 2. The summed E-state index contributed by atoms with van der Waals surface area (Å²) in [5.41, 5.74) is 1.97. The van der Waals surface area contributed by atoms with E-state index in [0.717, 1.165) is 12.2 Å². The van der Waals surface area contributed by atoms with E-state index < -0.39 is 0 Å². The second-order valence-electron chi connectivity index (χ2n) is 3.63. The fraction of sp³-hybridized carbons (Fsp3) is 0.250. The van der Waals surface area contributed by atoms with Crippen LogP contribution in [0.4, 0.5) is 5.69 Å². The summed E-state index contributed by atoms with van der Waals surface area (Å²) in [6.45, 7) is 3.03. The second-order valence-corrected chi connectivity index (χ2v) is 3.63. The molecule has 6 nitrogen and oxygen atoms in total. The van der Waals surface area contributed by atoms with Crippen LogP contribution in [0.1, 0.15) is 23.0 Å². The largest absolute Gasteiger partial charge is 0.383 e. The van der Waals surface area contributed by atoms with Gasteiger partial charge < -0.3 is 15.2 Å². The fourth-order valence-electron chi connectivity index (χ4n) is 1.52. The molecule has 94 valence electrons. The molecule has 0 atom stereocenters. The van der Waals surface area contributed by atoms with Gasteiger partial charge >= 0.3 is 0 Å². The van der Waals surface area contributed by atoms with Gasteiger partial charge in [-0.2, -0.15) is 0 Å². The van der Waals surface area contributed by atoms with Gasteiger partial charge in [-0.1, -0.05) is 5.16 Å². The van der Waals surface area contributed by atoms with Crippen molar-refractivity contribution in [1.82, 2.24) is 15.5 Å². The van der Waals surface area contributed by atoms with Gasteiger partial charge in [0.2, 0.25) is 0 Å². The van der Waals surface area contributed by atoms with Gasteiger partial charge in [0.25, 0.3) is 5.91 Å². The summed E-state index contributed by atoms with van der Waals surface area (Å²) < 4.78 is 4.69. The number of hydrogen-bond donors (Lipinski definition) is 2. The third-order valence-corrected chi connectivity index (χ3v) is 2.35. The Morgan fingerprint density at radius 1 is 1.44 bits per heavy atom. The van der Waals surface area contributed by atoms with Crippen molar-refractivity contribution in [2.45, 2.75) is 13.5 Å². The molecule has 0 aliphatic rings. The molecule has 2 N–H and O–H groups in total. The Bertz CT molecular complexity index is 511. The van der Waals surface area contributed by atoms with E-state index in [1.165, 1.54) is 6.26 Å². The molecule has 0 aliphatic heterocycles. The summed E-state index contributed by atoms with van der Waals surface area (Å²) in [4.78, 5) is 16.0. The Morgan fingerprint density at radius 2 is 2.33 bits per heavy atom. The zero-order chi connectivity index (χ0) is 12.8. The van der Waals surface area contributed by atoms with Crippen molar-refractivity contribution in [1.29, 1.82) is 0 Å². The molecule has 6 heteroatoms. The zero-order valence-electron chi connectivity index (χ0n) is 10.0. The number of carbonyl (C=O) groups excluding carboxylic acids is 1. The topological polar surface area (TPSA) is 80.0 Å². The van der Waals surface area contributed by atoms with Crippen molar-refractivity contribution >= 4 is 11.6 Å². The number of amides is 1. The highest BCUT2D eigenvalue weighted by molar-refractivity contribution is 5.99. The van der Waals surface area contributed by atoms with Gasteiger partial charge in [-0.3, -0.25) is 9.78 Å². The van der Waals surface area contributed by atoms with Crippen molar-refractivity contribution in [3.63, 3.8) is 0 Å². The lowest BCUT2D eigenvalue weighted by atomic mass is 10.2. The number of carbonyl (C=O) groups is 1. The summed E-state index contributed by atoms with van der Waals surface area (Å²) in [5, 5.41) is 9.59. The lowest BCUT2D eigenvalue weighted by Crippen LogP contribution is -2.24. The van der Waals surface area contributed by atoms with Crippen LogP contribution < -0.4 is 10.6 Å². The highest BCUT2D eigenvalue weighted by Gasteiger charge is 2.10. The minimum atomic E-state index is -0.170. The van der Waals surface area contributed by atoms with E-state index in [2.05, 4.69) is 20.8 Å². The van der Waals surface area contributed by atoms with Crippen LogP contribution in [0.2, 0.25) is 0 Å². The number of nitrogens with zero attached hydrogens (tertiary/aromatic N) is 2. The molecule has 0 aliphatic carbocycles. The van der Waals surface area contributed by atoms with Crippen molar-refractivity contribution in [2.75, 3.05) is 11.9 Å². The van der Waals surface area contributed by atoms with Crippen LogP contribution in [-0.4, -0.2) is 22.6 Å². The van der Waals surface area contributed by atoms with E-state index in [9.17, 15) is 4.79 Å². The molecular weight excluding hydrogens is 232 g/mol. The summed E-state index contributed by atoms with van der Waals surface area (Å²) in [6.07, 6.45) is 4.69. The predicted octanol–water partition coefficient (Wildman–Crippen LogP) is 1.43. The monoisotopic (exact) mass is 246 g/mol. The Labute approximate surface area is 104 Å². The zero-order valence-corrected chi connectivity index (χ0v) is 10.0. The maximum Gasteiger partial charge on any atom is 0.253 e. The quantitative estimate of drug-likeness (QED) is 0.834. The van der Waals surface area contributed by atoms with E-state index in [4.69, 9.17) is 4.52 Å². The lowest BCUT2D eigenvalue weighted by Gasteiger charge is -2.09. The van der Waals surface area contributed by atoms with E-state index in [-0.39, 0.29) is 5.91 Å². The molecule has 2 heterocycles. The highest BCUT2D eigenvalue weighted by atomic mass is 16.5. The van der Waals surface area contributed by atoms with E-state index in [0.29, 0.717) is 17.8 Å². The van der Waals surface area contributed by atoms with Crippen LogP contribution in [0.3, 0.4) is 0 Å². The molecule has 0 saturated carbocycles. The van der Waals surface area contributed by atoms with Crippen LogP contribution in [-0.2, 0) is 6.54 Å². The summed E-state index contributed by atoms with van der Waals surface area (Å²) in [6, 6.07) is 3.38. The molecule has 1 amide bonds. The van der Waals surface area contributed by atoms with Crippen molar-refractivity contribution in [3.05, 3.63) is 42.0 Å². The van der Waals surface area contributed by atoms with Gasteiger partial charge in [0.05, 0.1) is 24.0 Å². The van der Waals surface area contributed by atoms with Crippen molar-refractivity contribution in [2.24, 2.45) is 0 Å². The first-order valence-electron chi connectivity index (χ1n) is 5.66. The molecule has 18 heavy (non-hydrogen) atoms. The molecule has 2 rings (SSSR count). The molecule has 0 saturated heterocycles. The van der Waals surface area contributed by atoms with Gasteiger partial charge in [0.1, 0.15) is 12.0 Å². The van der Waals surface area contributed by atoms with E-state index >= 15 is 0 Å². The van der Waals surface area contributed by atoms with Crippen LogP contribution in [0.5, 0.6) is 0 Å². The predicted molar refractivity (Wildman–Crippen MR) is 66.1 cm³/mol. The number of pyridine rings is 1. The molecule has 0 unspecified atom stereocenters. The number of hydrogen-bond acceptors (Lipinski definition) is 5. The normalized spacial score (nSPS) is 10.1. The summed E-state index contributed by atoms with van der Waals surface area (Å²) >= 11 is 0. The first-order valence-corrected chi connectivity index (χ1v) is 5.66. The smallest absolute Gasteiger partial charge is 0.253 e. The van der Waals surface area contributed by atoms with Gasteiger partial charge in [-0.25, -0.2) is 0 Å². The van der Waals surface area contributed by atoms with Gasteiger partial charge in [-0.05, 0) is 13.0 Å². The van der Waals surface area contributed by atoms with Gasteiger partial charge in [0.15, 0.2) is 0 Å². The Balaban J connectivity index is 2.04. The SMILES string of the molecule is CCNc1cnccc1C(=O)NCc1ccon1. The van der Waals surface area contributed by atoms with Crippen LogP contribution in [0.15, 0.2) is 35.3 Å². The van der Waals surface area contributed by atoms with E-state index in [1.807, 2.05) is 6.92 Å². The minimum absolute atomic E-state index is 0.170. The number of rotatable bonds is 5. The molecule has 2 aromatic heterocycles. The second kappa shape index (κ2) is 5.81. The summed E-state index contributed by atoms with van der Waals surface area (Å²) in [5.74, 6) is -0.170. The average Bonchev–Trinajstić information content (AvgIpc) is 2.90. The molecular formula is C12H14N4O2. The Morgan fingerprint density at radius 3 is 3.06 bits per heavy atom. The van der Waals surface area contributed by atoms with Crippen LogP contribution in [0, 0.1) is 0 Å². The first kappa shape index (κ1) is 12.1. The van der Waals surface area contributed by atoms with Crippen LogP contribution >= 0.6 is 0 Å². The molecule has 0 aromatic carbocycles. The number of anilines is 1. The molecule has 0 fully saturated rings. The fourth-order valence-corrected chi connectivity index (χ4v) is 1.52. The van der Waals surface area contributed by atoms with Crippen molar-refractivity contribution in [3.8, 4) is 0 Å².